The first-order chi connectivity index (χ1) is 12.8. The van der Waals surface area contributed by atoms with Crippen molar-refractivity contribution in [2.45, 2.75) is 17.7 Å². The highest BCUT2D eigenvalue weighted by molar-refractivity contribution is 8.03. The van der Waals surface area contributed by atoms with Crippen LogP contribution < -0.4 is 4.74 Å². The van der Waals surface area contributed by atoms with E-state index in [9.17, 15) is 4.79 Å². The number of ether oxygens (including phenoxy) is 1. The zero-order valence-corrected chi connectivity index (χ0v) is 15.2. The molecule has 1 heterocycles. The Kier molecular flexibility index (Phi) is 4.63. The molecule has 128 valence electrons. The minimum Gasteiger partial charge on any atom is -0.456 e. The van der Waals surface area contributed by atoms with Gasteiger partial charge in [-0.15, -0.1) is 0 Å². The van der Waals surface area contributed by atoms with E-state index in [0.29, 0.717) is 0 Å². The molecule has 0 aliphatic carbocycles. The largest absolute Gasteiger partial charge is 0.456 e. The van der Waals surface area contributed by atoms with Crippen molar-refractivity contribution in [2.24, 2.45) is 0 Å². The Morgan fingerprint density at radius 3 is 2.31 bits per heavy atom. The lowest BCUT2D eigenvalue weighted by atomic mass is 9.95. The van der Waals surface area contributed by atoms with E-state index in [4.69, 9.17) is 4.74 Å². The van der Waals surface area contributed by atoms with Crippen LogP contribution in [0.4, 0.5) is 0 Å². The number of fused-ring (bicyclic) bond motifs is 1. The maximum Gasteiger partial charge on any atom is 0.145 e. The summed E-state index contributed by atoms with van der Waals surface area (Å²) in [5, 5.41) is 0. The Morgan fingerprint density at radius 2 is 1.58 bits per heavy atom. The normalized spacial score (nSPS) is 16.0. The Bertz CT molecular complexity index is 959. The van der Waals surface area contributed by atoms with Crippen LogP contribution in [-0.2, 0) is 4.79 Å². The number of thioether (sulfide) groups is 1. The Morgan fingerprint density at radius 1 is 0.885 bits per heavy atom. The minimum absolute atomic E-state index is 0.332. The molecule has 1 unspecified atom stereocenters. The molecule has 0 fully saturated rings. The van der Waals surface area contributed by atoms with E-state index in [1.807, 2.05) is 54.6 Å². The Labute approximate surface area is 157 Å². The Balaban J connectivity index is 1.85. The molecule has 0 saturated heterocycles. The van der Waals surface area contributed by atoms with Crippen molar-refractivity contribution in [3.8, 4) is 5.75 Å². The van der Waals surface area contributed by atoms with Crippen LogP contribution in [0.15, 0.2) is 88.7 Å². The van der Waals surface area contributed by atoms with Gasteiger partial charge in [0.2, 0.25) is 0 Å². The molecule has 26 heavy (non-hydrogen) atoms. The number of carbonyl (C=O) groups is 1. The van der Waals surface area contributed by atoms with Crippen molar-refractivity contribution >= 4 is 23.8 Å². The second-order valence-corrected chi connectivity index (χ2v) is 7.34. The molecule has 0 radical (unpaired) electrons. The van der Waals surface area contributed by atoms with Gasteiger partial charge in [0.15, 0.2) is 0 Å². The summed E-state index contributed by atoms with van der Waals surface area (Å²) in [7, 11) is 0. The topological polar surface area (TPSA) is 26.3 Å². The fourth-order valence-electron chi connectivity index (χ4n) is 3.04. The quantitative estimate of drug-likeness (QED) is 0.549. The highest BCUT2D eigenvalue weighted by atomic mass is 32.2. The molecule has 4 rings (SSSR count). The van der Waals surface area contributed by atoms with E-state index < -0.39 is 0 Å². The van der Waals surface area contributed by atoms with Gasteiger partial charge in [-0.2, -0.15) is 0 Å². The lowest BCUT2D eigenvalue weighted by Gasteiger charge is -2.27. The van der Waals surface area contributed by atoms with Gasteiger partial charge in [0, 0.05) is 20.9 Å². The maximum absolute atomic E-state index is 12.1. The van der Waals surface area contributed by atoms with Gasteiger partial charge in [-0.25, -0.2) is 0 Å². The van der Waals surface area contributed by atoms with Crippen LogP contribution in [-0.4, -0.2) is 6.29 Å². The second kappa shape index (κ2) is 7.22. The molecule has 3 aromatic carbocycles. The van der Waals surface area contributed by atoms with Crippen LogP contribution in [0.3, 0.4) is 0 Å². The van der Waals surface area contributed by atoms with E-state index in [1.165, 1.54) is 5.56 Å². The summed E-state index contributed by atoms with van der Waals surface area (Å²) in [6.07, 6.45) is 1.01. The van der Waals surface area contributed by atoms with Crippen LogP contribution in [0, 0.1) is 6.92 Å². The fraction of sp³-hybridized carbons (Fsp3) is 0.0870. The van der Waals surface area contributed by atoms with Crippen LogP contribution in [0.25, 0.3) is 5.76 Å². The molecule has 1 aliphatic heterocycles. The van der Waals surface area contributed by atoms with Crippen molar-refractivity contribution in [2.75, 3.05) is 0 Å². The average molecular weight is 358 g/mol. The molecule has 0 amide bonds. The van der Waals surface area contributed by atoms with Crippen LogP contribution in [0.5, 0.6) is 5.75 Å². The van der Waals surface area contributed by atoms with Crippen molar-refractivity contribution in [3.05, 3.63) is 100 Å². The Hall–Kier alpha value is -2.78. The van der Waals surface area contributed by atoms with Gasteiger partial charge in [-0.3, -0.25) is 0 Å². The van der Waals surface area contributed by atoms with Crippen LogP contribution >= 0.6 is 11.8 Å². The first kappa shape index (κ1) is 16.7. The number of carbonyl (C=O) groups excluding carboxylic acids is 1. The van der Waals surface area contributed by atoms with Gasteiger partial charge in [-0.1, -0.05) is 78.0 Å². The average Bonchev–Trinajstić information content (AvgIpc) is 2.70. The smallest absolute Gasteiger partial charge is 0.145 e. The zero-order valence-electron chi connectivity index (χ0n) is 14.4. The molecular weight excluding hydrogens is 340 g/mol. The van der Waals surface area contributed by atoms with Gasteiger partial charge >= 0.3 is 0 Å². The van der Waals surface area contributed by atoms with Crippen molar-refractivity contribution in [3.63, 3.8) is 0 Å². The molecule has 3 heteroatoms. The molecular formula is C23H18O2S. The first-order valence-corrected chi connectivity index (χ1v) is 9.34. The third-order valence-corrected chi connectivity index (χ3v) is 5.56. The number of hydrogen-bond acceptors (Lipinski definition) is 3. The van der Waals surface area contributed by atoms with Gasteiger partial charge in [0.05, 0.1) is 5.92 Å². The van der Waals surface area contributed by atoms with E-state index in [1.54, 1.807) is 11.8 Å². The molecule has 1 atom stereocenters. The number of benzene rings is 3. The van der Waals surface area contributed by atoms with E-state index in [2.05, 4.69) is 31.2 Å². The third kappa shape index (κ3) is 3.18. The van der Waals surface area contributed by atoms with Gasteiger partial charge in [-0.05, 0) is 25.1 Å². The number of hydrogen-bond donors (Lipinski definition) is 0. The summed E-state index contributed by atoms with van der Waals surface area (Å²) in [4.78, 5) is 14.1. The standard InChI is InChI=1S/C23H18O2S/c1-16-11-13-18(14-12-16)26-23-20(15-24)19-9-5-6-10-21(19)25-22(23)17-7-3-2-4-8-17/h2-15,20H,1H3. The van der Waals surface area contributed by atoms with E-state index >= 15 is 0 Å². The number of aryl methyl sites for hydroxylation is 1. The van der Waals surface area contributed by atoms with E-state index in [0.717, 1.165) is 38.7 Å². The number of aldehydes is 1. The number of para-hydroxylation sites is 1. The number of rotatable bonds is 4. The molecule has 0 saturated carbocycles. The predicted octanol–water partition coefficient (Wildman–Crippen LogP) is 5.83. The minimum atomic E-state index is -0.332. The lowest BCUT2D eigenvalue weighted by Crippen LogP contribution is -2.14. The van der Waals surface area contributed by atoms with Crippen LogP contribution in [0.1, 0.15) is 22.6 Å². The highest BCUT2D eigenvalue weighted by Crippen LogP contribution is 2.47. The monoisotopic (exact) mass is 358 g/mol. The number of allylic oxidation sites excluding steroid dienone is 1. The zero-order chi connectivity index (χ0) is 17.9. The van der Waals surface area contributed by atoms with Crippen molar-refractivity contribution < 1.29 is 9.53 Å². The van der Waals surface area contributed by atoms with Crippen LogP contribution in [0.2, 0.25) is 0 Å². The summed E-state index contributed by atoms with van der Waals surface area (Å²) in [5.41, 5.74) is 3.10. The van der Waals surface area contributed by atoms with E-state index in [-0.39, 0.29) is 5.92 Å². The SMILES string of the molecule is Cc1ccc(SC2=C(c3ccccc3)Oc3ccccc3C2C=O)cc1. The first-order valence-electron chi connectivity index (χ1n) is 8.52. The molecule has 2 nitrogen and oxygen atoms in total. The van der Waals surface area contributed by atoms with Gasteiger partial charge in [0.1, 0.15) is 17.8 Å². The maximum atomic E-state index is 12.1. The summed E-state index contributed by atoms with van der Waals surface area (Å²) in [6, 6.07) is 26.1. The summed E-state index contributed by atoms with van der Waals surface area (Å²) in [5.74, 6) is 1.17. The fourth-order valence-corrected chi connectivity index (χ4v) is 4.13. The summed E-state index contributed by atoms with van der Waals surface area (Å²) in [6.45, 7) is 2.07. The molecule has 1 aliphatic rings. The molecule has 3 aromatic rings. The second-order valence-electron chi connectivity index (χ2n) is 6.23. The molecule has 0 bridgehead atoms. The molecule has 0 aromatic heterocycles. The molecule has 0 spiro atoms. The van der Waals surface area contributed by atoms with Crippen molar-refractivity contribution in [1.82, 2.24) is 0 Å². The predicted molar refractivity (Wildman–Crippen MR) is 106 cm³/mol. The molecule has 0 N–H and O–H groups in total. The summed E-state index contributed by atoms with van der Waals surface area (Å²) >= 11 is 1.60. The lowest BCUT2D eigenvalue weighted by molar-refractivity contribution is -0.108. The van der Waals surface area contributed by atoms with Crippen molar-refractivity contribution in [1.29, 1.82) is 0 Å². The van der Waals surface area contributed by atoms with Gasteiger partial charge < -0.3 is 9.53 Å². The van der Waals surface area contributed by atoms with Gasteiger partial charge in [0.25, 0.3) is 0 Å². The highest BCUT2D eigenvalue weighted by Gasteiger charge is 2.30. The summed E-state index contributed by atoms with van der Waals surface area (Å²) < 4.78 is 6.26. The third-order valence-electron chi connectivity index (χ3n) is 4.39.